The summed E-state index contributed by atoms with van der Waals surface area (Å²) >= 11 is 0. The van der Waals surface area contributed by atoms with Crippen molar-refractivity contribution in [3.63, 3.8) is 0 Å². The van der Waals surface area contributed by atoms with E-state index >= 15 is 0 Å². The third-order valence-corrected chi connectivity index (χ3v) is 2.60. The highest BCUT2D eigenvalue weighted by Crippen LogP contribution is 2.07. The van der Waals surface area contributed by atoms with Gasteiger partial charge in [0.05, 0.1) is 0 Å². The third-order valence-electron chi connectivity index (χ3n) is 2.60. The molecule has 0 radical (unpaired) electrons. The zero-order chi connectivity index (χ0) is 11.3. The van der Waals surface area contributed by atoms with Crippen molar-refractivity contribution < 1.29 is 0 Å². The molecule has 0 heterocycles. The van der Waals surface area contributed by atoms with Crippen LogP contribution in [0.4, 0.5) is 0 Å². The lowest BCUT2D eigenvalue weighted by Crippen LogP contribution is -2.28. The van der Waals surface area contributed by atoms with Crippen LogP contribution in [0.15, 0.2) is 24.3 Å². The summed E-state index contributed by atoms with van der Waals surface area (Å²) in [6, 6.07) is 8.71. The maximum Gasteiger partial charge on any atom is 0.0230 e. The molecule has 84 valence electrons. The van der Waals surface area contributed by atoms with Crippen LogP contribution in [0.25, 0.3) is 0 Å². The fraction of sp³-hybridized carbons (Fsp3) is 0.538. The molecule has 0 amide bonds. The van der Waals surface area contributed by atoms with E-state index in [0.717, 1.165) is 19.6 Å². The summed E-state index contributed by atoms with van der Waals surface area (Å²) in [6.07, 6.45) is 0. The number of rotatable bonds is 5. The van der Waals surface area contributed by atoms with Gasteiger partial charge in [-0.05, 0) is 32.0 Å². The predicted octanol–water partition coefficient (Wildman–Crippen LogP) is 2.02. The number of benzene rings is 1. The number of hydrogen-bond donors (Lipinski definition) is 1. The zero-order valence-corrected chi connectivity index (χ0v) is 10.0. The van der Waals surface area contributed by atoms with Crippen molar-refractivity contribution in [3.8, 4) is 0 Å². The molecule has 1 atom stereocenters. The lowest BCUT2D eigenvalue weighted by molar-refractivity contribution is 0.282. The van der Waals surface area contributed by atoms with Crippen molar-refractivity contribution in [2.75, 3.05) is 20.1 Å². The first-order valence-corrected chi connectivity index (χ1v) is 5.56. The highest BCUT2D eigenvalue weighted by molar-refractivity contribution is 5.21. The number of nitrogens with zero attached hydrogens (tertiary/aromatic N) is 1. The first-order valence-electron chi connectivity index (χ1n) is 5.56. The van der Waals surface area contributed by atoms with Crippen LogP contribution in [0.5, 0.6) is 0 Å². The second kappa shape index (κ2) is 5.89. The number of hydrogen-bond acceptors (Lipinski definition) is 2. The molecule has 2 heteroatoms. The highest BCUT2D eigenvalue weighted by Gasteiger charge is 2.04. The van der Waals surface area contributed by atoms with Crippen LogP contribution in [0, 0.1) is 12.8 Å². The molecule has 0 bridgehead atoms. The molecular formula is C13H22N2. The van der Waals surface area contributed by atoms with Gasteiger partial charge in [-0.3, -0.25) is 0 Å². The van der Waals surface area contributed by atoms with E-state index in [1.807, 2.05) is 0 Å². The molecule has 0 aliphatic rings. The first kappa shape index (κ1) is 12.2. The minimum Gasteiger partial charge on any atom is -0.330 e. The summed E-state index contributed by atoms with van der Waals surface area (Å²) in [6.45, 7) is 7.13. The van der Waals surface area contributed by atoms with Gasteiger partial charge in [0.1, 0.15) is 0 Å². The van der Waals surface area contributed by atoms with E-state index in [9.17, 15) is 0 Å². The quantitative estimate of drug-likeness (QED) is 0.798. The summed E-state index contributed by atoms with van der Waals surface area (Å²) < 4.78 is 0. The van der Waals surface area contributed by atoms with E-state index in [0.29, 0.717) is 5.92 Å². The average molecular weight is 206 g/mol. The molecule has 1 unspecified atom stereocenters. The van der Waals surface area contributed by atoms with Gasteiger partial charge in [-0.15, -0.1) is 0 Å². The van der Waals surface area contributed by atoms with Gasteiger partial charge in [0, 0.05) is 13.1 Å². The highest BCUT2D eigenvalue weighted by atomic mass is 15.1. The van der Waals surface area contributed by atoms with Crippen LogP contribution in [-0.4, -0.2) is 25.0 Å². The number of nitrogens with two attached hydrogens (primary N) is 1. The molecular weight excluding hydrogens is 184 g/mol. The molecule has 0 fully saturated rings. The summed E-state index contributed by atoms with van der Waals surface area (Å²) in [4.78, 5) is 2.32. The molecule has 0 saturated heterocycles. The van der Waals surface area contributed by atoms with Gasteiger partial charge < -0.3 is 10.6 Å². The normalized spacial score (nSPS) is 13.1. The summed E-state index contributed by atoms with van der Waals surface area (Å²) in [7, 11) is 2.14. The van der Waals surface area contributed by atoms with Crippen LogP contribution < -0.4 is 5.73 Å². The van der Waals surface area contributed by atoms with Gasteiger partial charge in [0.15, 0.2) is 0 Å². The van der Waals surface area contributed by atoms with Crippen LogP contribution >= 0.6 is 0 Å². The SMILES string of the molecule is Cc1ccc(CN(C)CC(C)CN)cc1. The van der Waals surface area contributed by atoms with Crippen molar-refractivity contribution in [2.24, 2.45) is 11.7 Å². The van der Waals surface area contributed by atoms with Crippen LogP contribution in [0.3, 0.4) is 0 Å². The molecule has 1 aromatic carbocycles. The van der Waals surface area contributed by atoms with Crippen molar-refractivity contribution in [1.29, 1.82) is 0 Å². The van der Waals surface area contributed by atoms with Gasteiger partial charge in [-0.2, -0.15) is 0 Å². The third kappa shape index (κ3) is 4.45. The van der Waals surface area contributed by atoms with E-state index in [1.54, 1.807) is 0 Å². The lowest BCUT2D eigenvalue weighted by Gasteiger charge is -2.20. The van der Waals surface area contributed by atoms with E-state index in [4.69, 9.17) is 5.73 Å². The topological polar surface area (TPSA) is 29.3 Å². The fourth-order valence-electron chi connectivity index (χ4n) is 1.68. The van der Waals surface area contributed by atoms with Crippen molar-refractivity contribution >= 4 is 0 Å². The van der Waals surface area contributed by atoms with Gasteiger partial charge in [-0.25, -0.2) is 0 Å². The molecule has 0 saturated carbocycles. The Bertz CT molecular complexity index is 279. The second-order valence-corrected chi connectivity index (χ2v) is 4.52. The summed E-state index contributed by atoms with van der Waals surface area (Å²) in [5, 5.41) is 0. The van der Waals surface area contributed by atoms with Gasteiger partial charge >= 0.3 is 0 Å². The second-order valence-electron chi connectivity index (χ2n) is 4.52. The lowest BCUT2D eigenvalue weighted by atomic mass is 10.1. The van der Waals surface area contributed by atoms with Crippen molar-refractivity contribution in [3.05, 3.63) is 35.4 Å². The van der Waals surface area contributed by atoms with E-state index < -0.39 is 0 Å². The predicted molar refractivity (Wildman–Crippen MR) is 65.7 cm³/mol. The van der Waals surface area contributed by atoms with Crippen molar-refractivity contribution in [2.45, 2.75) is 20.4 Å². The van der Waals surface area contributed by atoms with Crippen LogP contribution in [0.1, 0.15) is 18.1 Å². The van der Waals surface area contributed by atoms with E-state index in [-0.39, 0.29) is 0 Å². The smallest absolute Gasteiger partial charge is 0.0230 e. The van der Waals surface area contributed by atoms with E-state index in [1.165, 1.54) is 11.1 Å². The Labute approximate surface area is 93.1 Å². The molecule has 15 heavy (non-hydrogen) atoms. The van der Waals surface area contributed by atoms with Crippen LogP contribution in [-0.2, 0) is 6.54 Å². The van der Waals surface area contributed by atoms with Crippen molar-refractivity contribution in [1.82, 2.24) is 4.90 Å². The Kier molecular flexibility index (Phi) is 4.79. The monoisotopic (exact) mass is 206 g/mol. The Morgan fingerprint density at radius 3 is 2.40 bits per heavy atom. The largest absolute Gasteiger partial charge is 0.330 e. The van der Waals surface area contributed by atoms with Gasteiger partial charge in [0.2, 0.25) is 0 Å². The Morgan fingerprint density at radius 1 is 1.27 bits per heavy atom. The molecule has 0 aliphatic heterocycles. The summed E-state index contributed by atoms with van der Waals surface area (Å²) in [5.74, 6) is 0.570. The standard InChI is InChI=1S/C13H22N2/c1-11-4-6-13(7-5-11)10-15(3)9-12(2)8-14/h4-7,12H,8-10,14H2,1-3H3. The fourth-order valence-corrected chi connectivity index (χ4v) is 1.68. The van der Waals surface area contributed by atoms with Gasteiger partial charge in [-0.1, -0.05) is 36.8 Å². The first-order chi connectivity index (χ1) is 7.11. The molecule has 0 aliphatic carbocycles. The molecule has 2 nitrogen and oxygen atoms in total. The zero-order valence-electron chi connectivity index (χ0n) is 10.0. The van der Waals surface area contributed by atoms with E-state index in [2.05, 4.69) is 50.1 Å². The van der Waals surface area contributed by atoms with Gasteiger partial charge in [0.25, 0.3) is 0 Å². The molecule has 2 N–H and O–H groups in total. The minimum atomic E-state index is 0.570. The number of aryl methyl sites for hydroxylation is 1. The Balaban J connectivity index is 2.44. The Morgan fingerprint density at radius 2 is 1.87 bits per heavy atom. The summed E-state index contributed by atoms with van der Waals surface area (Å²) in [5.41, 5.74) is 8.29. The van der Waals surface area contributed by atoms with Crippen LogP contribution in [0.2, 0.25) is 0 Å². The molecule has 1 aromatic rings. The maximum absolute atomic E-state index is 5.61. The maximum atomic E-state index is 5.61. The minimum absolute atomic E-state index is 0.570. The Hall–Kier alpha value is -0.860. The average Bonchev–Trinajstić information content (AvgIpc) is 2.21. The molecule has 0 spiro atoms. The molecule has 1 rings (SSSR count). The molecule has 0 aromatic heterocycles.